The first-order chi connectivity index (χ1) is 7.38. The summed E-state index contributed by atoms with van der Waals surface area (Å²) in [7, 11) is 0. The van der Waals surface area contributed by atoms with Crippen LogP contribution in [0.2, 0.25) is 0 Å². The predicted molar refractivity (Wildman–Crippen MR) is 62.4 cm³/mol. The number of amides is 1. The number of nitrogens with two attached hydrogens (primary N) is 1. The molecule has 1 aliphatic heterocycles. The third-order valence-electron chi connectivity index (χ3n) is 2.65. The monoisotopic (exact) mass is 220 g/mol. The predicted octanol–water partition coefficient (Wildman–Crippen LogP) is 1.60. The molecule has 0 saturated heterocycles. The van der Waals surface area contributed by atoms with Crippen LogP contribution in [0.4, 0.5) is 5.69 Å². The summed E-state index contributed by atoms with van der Waals surface area (Å²) in [5, 5.41) is 2.80. The highest BCUT2D eigenvalue weighted by atomic mass is 16.5. The molecule has 4 nitrogen and oxygen atoms in total. The van der Waals surface area contributed by atoms with Crippen LogP contribution in [-0.4, -0.2) is 12.0 Å². The summed E-state index contributed by atoms with van der Waals surface area (Å²) in [4.78, 5) is 11.5. The molecule has 1 unspecified atom stereocenters. The van der Waals surface area contributed by atoms with Gasteiger partial charge in [-0.1, -0.05) is 6.07 Å². The maximum atomic E-state index is 11.5. The van der Waals surface area contributed by atoms with Gasteiger partial charge < -0.3 is 15.8 Å². The summed E-state index contributed by atoms with van der Waals surface area (Å²) >= 11 is 0. The Labute approximate surface area is 94.8 Å². The number of hydrogen-bond donors (Lipinski definition) is 2. The number of benzene rings is 1. The number of fused-ring (bicyclic) bond motifs is 1. The van der Waals surface area contributed by atoms with Crippen molar-refractivity contribution in [3.05, 3.63) is 23.8 Å². The normalized spacial score (nSPS) is 19.8. The smallest absolute Gasteiger partial charge is 0.265 e. The Hall–Kier alpha value is -1.55. The van der Waals surface area contributed by atoms with Crippen LogP contribution in [0.5, 0.6) is 5.75 Å². The molecular formula is C12H16N2O2. The van der Waals surface area contributed by atoms with Gasteiger partial charge in [0.25, 0.3) is 5.91 Å². The Kier molecular flexibility index (Phi) is 2.39. The molecule has 86 valence electrons. The van der Waals surface area contributed by atoms with Gasteiger partial charge in [-0.15, -0.1) is 0 Å². The second-order valence-corrected chi connectivity index (χ2v) is 4.68. The zero-order chi connectivity index (χ0) is 11.9. The lowest BCUT2D eigenvalue weighted by molar-refractivity contribution is -0.122. The van der Waals surface area contributed by atoms with E-state index in [4.69, 9.17) is 10.5 Å². The molecule has 0 bridgehead atoms. The third kappa shape index (κ3) is 1.88. The van der Waals surface area contributed by atoms with E-state index in [9.17, 15) is 4.79 Å². The van der Waals surface area contributed by atoms with Crippen LogP contribution in [-0.2, 0) is 10.3 Å². The number of anilines is 1. The van der Waals surface area contributed by atoms with Gasteiger partial charge >= 0.3 is 0 Å². The molecule has 1 aromatic carbocycles. The van der Waals surface area contributed by atoms with Crippen molar-refractivity contribution >= 4 is 11.6 Å². The lowest BCUT2D eigenvalue weighted by Crippen LogP contribution is -2.35. The highest BCUT2D eigenvalue weighted by Crippen LogP contribution is 2.32. The van der Waals surface area contributed by atoms with E-state index < -0.39 is 11.6 Å². The van der Waals surface area contributed by atoms with Crippen molar-refractivity contribution in [3.8, 4) is 5.75 Å². The summed E-state index contributed by atoms with van der Waals surface area (Å²) in [6.45, 7) is 5.56. The van der Waals surface area contributed by atoms with Crippen LogP contribution in [0.3, 0.4) is 0 Å². The van der Waals surface area contributed by atoms with Crippen molar-refractivity contribution in [1.82, 2.24) is 0 Å². The largest absolute Gasteiger partial charge is 0.479 e. The second kappa shape index (κ2) is 3.49. The lowest BCUT2D eigenvalue weighted by atomic mass is 9.95. The minimum Gasteiger partial charge on any atom is -0.479 e. The Morgan fingerprint density at radius 1 is 1.44 bits per heavy atom. The molecule has 0 saturated carbocycles. The van der Waals surface area contributed by atoms with Crippen molar-refractivity contribution in [2.75, 3.05) is 5.32 Å². The molecule has 0 aromatic heterocycles. The fraction of sp³-hybridized carbons (Fsp3) is 0.417. The molecular weight excluding hydrogens is 204 g/mol. The minimum atomic E-state index is -0.441. The van der Waals surface area contributed by atoms with Gasteiger partial charge in [-0.3, -0.25) is 4.79 Å². The van der Waals surface area contributed by atoms with Crippen LogP contribution in [0.25, 0.3) is 0 Å². The summed E-state index contributed by atoms with van der Waals surface area (Å²) in [5.74, 6) is 0.569. The van der Waals surface area contributed by atoms with Gasteiger partial charge in [0, 0.05) is 5.54 Å². The lowest BCUT2D eigenvalue weighted by Gasteiger charge is -2.26. The summed E-state index contributed by atoms with van der Waals surface area (Å²) in [5.41, 5.74) is 7.23. The Balaban J connectivity index is 2.40. The Morgan fingerprint density at radius 2 is 2.12 bits per heavy atom. The third-order valence-corrected chi connectivity index (χ3v) is 2.65. The standard InChI is InChI=1S/C12H16N2O2/c1-7-11(15)14-9-6-8(12(2,3)13)4-5-10(9)16-7/h4-7H,13H2,1-3H3,(H,14,15). The van der Waals surface area contributed by atoms with Crippen LogP contribution < -0.4 is 15.8 Å². The Bertz CT molecular complexity index is 435. The first-order valence-corrected chi connectivity index (χ1v) is 5.29. The molecule has 2 rings (SSSR count). The molecule has 0 radical (unpaired) electrons. The SMILES string of the molecule is CC1Oc2ccc(C(C)(C)N)cc2NC1=O. The van der Waals surface area contributed by atoms with E-state index in [2.05, 4.69) is 5.32 Å². The maximum Gasteiger partial charge on any atom is 0.265 e. The molecule has 3 N–H and O–H groups in total. The molecule has 1 aromatic rings. The second-order valence-electron chi connectivity index (χ2n) is 4.68. The van der Waals surface area contributed by atoms with Crippen LogP contribution in [0.1, 0.15) is 26.3 Å². The van der Waals surface area contributed by atoms with E-state index in [0.717, 1.165) is 5.56 Å². The fourth-order valence-electron chi connectivity index (χ4n) is 1.61. The van der Waals surface area contributed by atoms with Crippen molar-refractivity contribution in [2.24, 2.45) is 5.73 Å². The van der Waals surface area contributed by atoms with E-state index in [-0.39, 0.29) is 5.91 Å². The number of hydrogen-bond acceptors (Lipinski definition) is 3. The van der Waals surface area contributed by atoms with Crippen molar-refractivity contribution < 1.29 is 9.53 Å². The fourth-order valence-corrected chi connectivity index (χ4v) is 1.61. The molecule has 0 spiro atoms. The van der Waals surface area contributed by atoms with E-state index in [1.54, 1.807) is 6.92 Å². The summed E-state index contributed by atoms with van der Waals surface area (Å²) in [6.07, 6.45) is -0.441. The summed E-state index contributed by atoms with van der Waals surface area (Å²) in [6, 6.07) is 5.62. The van der Waals surface area contributed by atoms with Gasteiger partial charge in [0.1, 0.15) is 5.75 Å². The van der Waals surface area contributed by atoms with Gasteiger partial charge in [-0.25, -0.2) is 0 Å². The average molecular weight is 220 g/mol. The minimum absolute atomic E-state index is 0.125. The van der Waals surface area contributed by atoms with E-state index in [1.165, 1.54) is 0 Å². The van der Waals surface area contributed by atoms with Crippen LogP contribution in [0.15, 0.2) is 18.2 Å². The van der Waals surface area contributed by atoms with Crippen LogP contribution in [0, 0.1) is 0 Å². The van der Waals surface area contributed by atoms with Crippen molar-refractivity contribution in [2.45, 2.75) is 32.4 Å². The highest BCUT2D eigenvalue weighted by molar-refractivity contribution is 5.97. The van der Waals surface area contributed by atoms with Gasteiger partial charge in [-0.05, 0) is 38.5 Å². The van der Waals surface area contributed by atoms with Crippen LogP contribution >= 0.6 is 0 Å². The zero-order valence-electron chi connectivity index (χ0n) is 9.70. The van der Waals surface area contributed by atoms with Crippen molar-refractivity contribution in [1.29, 1.82) is 0 Å². The first-order valence-electron chi connectivity index (χ1n) is 5.29. The Morgan fingerprint density at radius 3 is 2.75 bits per heavy atom. The number of carbonyl (C=O) groups excluding carboxylic acids is 1. The molecule has 1 aliphatic rings. The summed E-state index contributed by atoms with van der Waals surface area (Å²) < 4.78 is 5.46. The van der Waals surface area contributed by atoms with E-state index >= 15 is 0 Å². The molecule has 16 heavy (non-hydrogen) atoms. The zero-order valence-corrected chi connectivity index (χ0v) is 9.70. The number of rotatable bonds is 1. The van der Waals surface area contributed by atoms with Crippen molar-refractivity contribution in [3.63, 3.8) is 0 Å². The van der Waals surface area contributed by atoms with E-state index in [1.807, 2.05) is 32.0 Å². The first kappa shape index (κ1) is 11.0. The molecule has 1 amide bonds. The molecule has 1 atom stereocenters. The number of carbonyl (C=O) groups is 1. The topological polar surface area (TPSA) is 64.3 Å². The quantitative estimate of drug-likeness (QED) is 0.755. The van der Waals surface area contributed by atoms with E-state index in [0.29, 0.717) is 11.4 Å². The van der Waals surface area contributed by atoms with Gasteiger partial charge in [-0.2, -0.15) is 0 Å². The molecule has 0 fully saturated rings. The number of nitrogens with one attached hydrogen (secondary N) is 1. The molecule has 1 heterocycles. The van der Waals surface area contributed by atoms with Gasteiger partial charge in [0.15, 0.2) is 6.10 Å². The highest BCUT2D eigenvalue weighted by Gasteiger charge is 2.25. The molecule has 4 heteroatoms. The average Bonchev–Trinajstić information content (AvgIpc) is 2.17. The van der Waals surface area contributed by atoms with Gasteiger partial charge in [0.2, 0.25) is 0 Å². The number of ether oxygens (including phenoxy) is 1. The molecule has 0 aliphatic carbocycles. The van der Waals surface area contributed by atoms with Gasteiger partial charge in [0.05, 0.1) is 5.69 Å². The maximum absolute atomic E-state index is 11.5.